The van der Waals surface area contributed by atoms with Crippen molar-refractivity contribution in [3.05, 3.63) is 0 Å². The molecule has 0 aromatic carbocycles. The fourth-order valence-electron chi connectivity index (χ4n) is 3.25. The maximum atomic E-state index is 12.0. The monoisotopic (exact) mass is 255 g/mol. The van der Waals surface area contributed by atoms with Crippen LogP contribution >= 0.6 is 0 Å². The second-order valence-electron chi connectivity index (χ2n) is 5.61. The molecular formula is C14H25NO3. The van der Waals surface area contributed by atoms with Gasteiger partial charge in [0.1, 0.15) is 0 Å². The zero-order chi connectivity index (χ0) is 13.1. The molecule has 2 aliphatic heterocycles. The van der Waals surface area contributed by atoms with E-state index in [1.165, 1.54) is 0 Å². The van der Waals surface area contributed by atoms with Crippen molar-refractivity contribution in [2.75, 3.05) is 6.54 Å². The van der Waals surface area contributed by atoms with Gasteiger partial charge in [-0.05, 0) is 25.2 Å². The zero-order valence-corrected chi connectivity index (χ0v) is 11.4. The Bertz CT molecular complexity index is 291. The van der Waals surface area contributed by atoms with Crippen LogP contribution in [0.15, 0.2) is 0 Å². The minimum Gasteiger partial charge on any atom is -0.391 e. The number of amides is 1. The molecule has 0 aromatic heterocycles. The highest BCUT2D eigenvalue weighted by atomic mass is 16.5. The third-order valence-corrected chi connectivity index (χ3v) is 4.52. The average Bonchev–Trinajstić information content (AvgIpc) is 2.99. The van der Waals surface area contributed by atoms with Crippen LogP contribution < -0.4 is 5.32 Å². The van der Waals surface area contributed by atoms with Gasteiger partial charge in [-0.2, -0.15) is 0 Å². The van der Waals surface area contributed by atoms with E-state index < -0.39 is 6.10 Å². The maximum Gasteiger partial charge on any atom is 0.225 e. The molecule has 2 aliphatic rings. The highest BCUT2D eigenvalue weighted by Gasteiger charge is 2.44. The molecule has 4 unspecified atom stereocenters. The number of carbonyl (C=O) groups is 1. The van der Waals surface area contributed by atoms with Gasteiger partial charge in [0.25, 0.3) is 0 Å². The summed E-state index contributed by atoms with van der Waals surface area (Å²) in [6, 6.07) is 0. The molecule has 2 heterocycles. The van der Waals surface area contributed by atoms with Gasteiger partial charge in [-0.3, -0.25) is 4.79 Å². The molecule has 2 bridgehead atoms. The molecule has 2 saturated heterocycles. The normalized spacial score (nSPS) is 31.9. The minimum atomic E-state index is -0.427. The van der Waals surface area contributed by atoms with Crippen LogP contribution in [-0.4, -0.2) is 35.9 Å². The predicted molar refractivity (Wildman–Crippen MR) is 69.1 cm³/mol. The Morgan fingerprint density at radius 1 is 1.39 bits per heavy atom. The van der Waals surface area contributed by atoms with Crippen LogP contribution in [0.5, 0.6) is 0 Å². The van der Waals surface area contributed by atoms with Gasteiger partial charge < -0.3 is 15.2 Å². The molecule has 0 radical (unpaired) electrons. The first kappa shape index (κ1) is 13.8. The number of fused-ring (bicyclic) bond motifs is 2. The lowest BCUT2D eigenvalue weighted by molar-refractivity contribution is -0.127. The summed E-state index contributed by atoms with van der Waals surface area (Å²) >= 11 is 0. The summed E-state index contributed by atoms with van der Waals surface area (Å²) in [5.41, 5.74) is 0. The van der Waals surface area contributed by atoms with Crippen molar-refractivity contribution < 1.29 is 14.6 Å². The summed E-state index contributed by atoms with van der Waals surface area (Å²) in [5.74, 6) is 0.353. The van der Waals surface area contributed by atoms with Crippen LogP contribution in [0.3, 0.4) is 0 Å². The second-order valence-corrected chi connectivity index (χ2v) is 5.61. The van der Waals surface area contributed by atoms with Crippen molar-refractivity contribution >= 4 is 5.91 Å². The van der Waals surface area contributed by atoms with Crippen molar-refractivity contribution in [1.29, 1.82) is 0 Å². The van der Waals surface area contributed by atoms with Crippen LogP contribution in [0, 0.1) is 11.8 Å². The number of carbonyl (C=O) groups excluding carboxylic acids is 1. The number of aliphatic hydroxyl groups excluding tert-OH is 1. The van der Waals surface area contributed by atoms with Crippen molar-refractivity contribution in [3.63, 3.8) is 0 Å². The highest BCUT2D eigenvalue weighted by molar-refractivity contribution is 5.79. The Balaban J connectivity index is 1.75. The Morgan fingerprint density at radius 3 is 2.61 bits per heavy atom. The van der Waals surface area contributed by atoms with E-state index in [0.29, 0.717) is 12.6 Å². The van der Waals surface area contributed by atoms with E-state index in [0.717, 1.165) is 32.1 Å². The lowest BCUT2D eigenvalue weighted by Gasteiger charge is -2.23. The van der Waals surface area contributed by atoms with Gasteiger partial charge in [0, 0.05) is 6.54 Å². The van der Waals surface area contributed by atoms with E-state index in [1.807, 2.05) is 0 Å². The van der Waals surface area contributed by atoms with Crippen molar-refractivity contribution in [1.82, 2.24) is 5.32 Å². The third-order valence-electron chi connectivity index (χ3n) is 4.52. The molecule has 104 valence electrons. The van der Waals surface area contributed by atoms with Gasteiger partial charge in [-0.25, -0.2) is 0 Å². The number of hydrogen-bond donors (Lipinski definition) is 2. The SMILES string of the molecule is CCC(CC)C(O)CNC(=O)C1CC2CCC1O2. The molecule has 2 fully saturated rings. The number of nitrogens with one attached hydrogen (secondary N) is 1. The van der Waals surface area contributed by atoms with E-state index in [-0.39, 0.29) is 23.8 Å². The smallest absolute Gasteiger partial charge is 0.225 e. The first-order valence-electron chi connectivity index (χ1n) is 7.26. The zero-order valence-electron chi connectivity index (χ0n) is 11.4. The quantitative estimate of drug-likeness (QED) is 0.755. The van der Waals surface area contributed by atoms with E-state index in [9.17, 15) is 9.90 Å². The van der Waals surface area contributed by atoms with Crippen LogP contribution in [-0.2, 0) is 9.53 Å². The molecule has 18 heavy (non-hydrogen) atoms. The molecular weight excluding hydrogens is 230 g/mol. The lowest BCUT2D eigenvalue weighted by Crippen LogP contribution is -2.41. The van der Waals surface area contributed by atoms with Gasteiger partial charge in [0.05, 0.1) is 24.2 Å². The molecule has 1 amide bonds. The molecule has 2 rings (SSSR count). The molecule has 0 aromatic rings. The van der Waals surface area contributed by atoms with E-state index in [2.05, 4.69) is 19.2 Å². The number of rotatable bonds is 6. The first-order valence-corrected chi connectivity index (χ1v) is 7.26. The van der Waals surface area contributed by atoms with Crippen molar-refractivity contribution in [2.45, 2.75) is 64.3 Å². The molecule has 4 atom stereocenters. The molecule has 4 nitrogen and oxygen atoms in total. The Labute approximate surface area is 109 Å². The molecule has 0 spiro atoms. The summed E-state index contributed by atoms with van der Waals surface area (Å²) in [5, 5.41) is 12.9. The van der Waals surface area contributed by atoms with Gasteiger partial charge in [0.15, 0.2) is 0 Å². The van der Waals surface area contributed by atoms with Gasteiger partial charge in [-0.15, -0.1) is 0 Å². The fourth-order valence-corrected chi connectivity index (χ4v) is 3.25. The molecule has 0 aliphatic carbocycles. The molecule has 2 N–H and O–H groups in total. The van der Waals surface area contributed by atoms with Gasteiger partial charge in [0.2, 0.25) is 5.91 Å². The topological polar surface area (TPSA) is 58.6 Å². The minimum absolute atomic E-state index is 0.0117. The first-order chi connectivity index (χ1) is 8.65. The summed E-state index contributed by atoms with van der Waals surface area (Å²) in [6.45, 7) is 4.52. The lowest BCUT2D eigenvalue weighted by atomic mass is 9.88. The summed E-state index contributed by atoms with van der Waals surface area (Å²) in [6.07, 6.45) is 4.87. The standard InChI is InChI=1S/C14H25NO3/c1-3-9(4-2)12(16)8-15-14(17)11-7-10-5-6-13(11)18-10/h9-13,16H,3-8H2,1-2H3,(H,15,17). The highest BCUT2D eigenvalue weighted by Crippen LogP contribution is 2.38. The second kappa shape index (κ2) is 6.02. The van der Waals surface area contributed by atoms with Gasteiger partial charge in [-0.1, -0.05) is 26.7 Å². The van der Waals surface area contributed by atoms with E-state index in [1.54, 1.807) is 0 Å². The fraction of sp³-hybridized carbons (Fsp3) is 0.929. The largest absolute Gasteiger partial charge is 0.391 e. The number of hydrogen-bond acceptors (Lipinski definition) is 3. The van der Waals surface area contributed by atoms with Crippen LogP contribution in [0.25, 0.3) is 0 Å². The summed E-state index contributed by atoms with van der Waals surface area (Å²) in [4.78, 5) is 12.0. The Hall–Kier alpha value is -0.610. The van der Waals surface area contributed by atoms with Crippen LogP contribution in [0.4, 0.5) is 0 Å². The molecule has 4 heteroatoms. The van der Waals surface area contributed by atoms with Gasteiger partial charge >= 0.3 is 0 Å². The summed E-state index contributed by atoms with van der Waals surface area (Å²) in [7, 11) is 0. The number of aliphatic hydroxyl groups is 1. The summed E-state index contributed by atoms with van der Waals surface area (Å²) < 4.78 is 5.68. The van der Waals surface area contributed by atoms with E-state index in [4.69, 9.17) is 4.74 Å². The predicted octanol–water partition coefficient (Wildman–Crippen LogP) is 1.47. The Kier molecular flexibility index (Phi) is 4.62. The van der Waals surface area contributed by atoms with E-state index >= 15 is 0 Å². The number of ether oxygens (including phenoxy) is 1. The van der Waals surface area contributed by atoms with Crippen LogP contribution in [0.2, 0.25) is 0 Å². The van der Waals surface area contributed by atoms with Crippen LogP contribution in [0.1, 0.15) is 46.0 Å². The van der Waals surface area contributed by atoms with Crippen molar-refractivity contribution in [3.8, 4) is 0 Å². The Morgan fingerprint density at radius 2 is 2.11 bits per heavy atom. The maximum absolute atomic E-state index is 12.0. The third kappa shape index (κ3) is 2.86. The average molecular weight is 255 g/mol. The van der Waals surface area contributed by atoms with Crippen molar-refractivity contribution in [2.24, 2.45) is 11.8 Å². The molecule has 0 saturated carbocycles.